The summed E-state index contributed by atoms with van der Waals surface area (Å²) in [6, 6.07) is 6.76. The number of ether oxygens (including phenoxy) is 1. The molecule has 2 N–H and O–H groups in total. The predicted molar refractivity (Wildman–Crippen MR) is 143 cm³/mol. The van der Waals surface area contributed by atoms with Crippen molar-refractivity contribution in [1.29, 1.82) is 0 Å². The van der Waals surface area contributed by atoms with E-state index in [1.807, 2.05) is 26.8 Å². The molecule has 0 radical (unpaired) electrons. The highest BCUT2D eigenvalue weighted by molar-refractivity contribution is 6.31. The van der Waals surface area contributed by atoms with Gasteiger partial charge in [-0.2, -0.15) is 0 Å². The third-order valence-electron chi connectivity index (χ3n) is 8.80. The molecule has 0 fully saturated rings. The molecule has 0 bridgehead atoms. The zero-order chi connectivity index (χ0) is 27.5. The number of aryl methyl sites for hydroxylation is 3. The van der Waals surface area contributed by atoms with Crippen LogP contribution >= 0.6 is 0 Å². The smallest absolute Gasteiger partial charge is 0.339 e. The third-order valence-corrected chi connectivity index (χ3v) is 8.80. The van der Waals surface area contributed by atoms with E-state index in [0.29, 0.717) is 39.0 Å². The van der Waals surface area contributed by atoms with E-state index in [9.17, 15) is 24.6 Å². The Balaban J connectivity index is 1.76. The van der Waals surface area contributed by atoms with Crippen LogP contribution in [0.3, 0.4) is 0 Å². The minimum Gasteiger partial charge on any atom is -0.508 e. The number of esters is 1. The Morgan fingerprint density at radius 1 is 0.816 bits per heavy atom. The lowest BCUT2D eigenvalue weighted by molar-refractivity contribution is -0.143. The molecule has 1 atom stereocenters. The van der Waals surface area contributed by atoms with Crippen LogP contribution in [0.4, 0.5) is 0 Å². The highest BCUT2D eigenvalue weighted by atomic mass is 16.5. The third kappa shape index (κ3) is 3.09. The van der Waals surface area contributed by atoms with Gasteiger partial charge >= 0.3 is 5.97 Å². The van der Waals surface area contributed by atoms with Crippen LogP contribution in [0.2, 0.25) is 0 Å². The molecule has 0 spiro atoms. The second-order valence-electron chi connectivity index (χ2n) is 12.2. The molecule has 6 nitrogen and oxygen atoms in total. The largest absolute Gasteiger partial charge is 0.508 e. The lowest BCUT2D eigenvalue weighted by Gasteiger charge is -2.30. The molecule has 1 aliphatic heterocycles. The summed E-state index contributed by atoms with van der Waals surface area (Å²) < 4.78 is 6.04. The van der Waals surface area contributed by atoms with Crippen molar-refractivity contribution in [3.8, 4) is 11.5 Å². The maximum atomic E-state index is 14.2. The summed E-state index contributed by atoms with van der Waals surface area (Å²) in [4.78, 5) is 41.1. The average molecular weight is 511 g/mol. The summed E-state index contributed by atoms with van der Waals surface area (Å²) in [5, 5.41) is 21.3. The minimum absolute atomic E-state index is 0.00711. The van der Waals surface area contributed by atoms with Gasteiger partial charge in [-0.15, -0.1) is 0 Å². The number of allylic oxidation sites excluding steroid dienone is 3. The molecule has 0 amide bonds. The van der Waals surface area contributed by atoms with Gasteiger partial charge in [0.05, 0.1) is 11.0 Å². The molecule has 2 aromatic rings. The van der Waals surface area contributed by atoms with Gasteiger partial charge in [0.15, 0.2) is 11.6 Å². The van der Waals surface area contributed by atoms with E-state index in [1.54, 1.807) is 32.9 Å². The van der Waals surface area contributed by atoms with E-state index in [1.165, 1.54) is 12.1 Å². The predicted octanol–water partition coefficient (Wildman–Crippen LogP) is 5.55. The lowest BCUT2D eigenvalue weighted by atomic mass is 9.77. The fourth-order valence-corrected chi connectivity index (χ4v) is 6.41. The first-order chi connectivity index (χ1) is 17.7. The van der Waals surface area contributed by atoms with Crippen LogP contribution in [0, 0.1) is 24.7 Å². The molecule has 0 saturated heterocycles. The Morgan fingerprint density at radius 2 is 1.45 bits per heavy atom. The summed E-state index contributed by atoms with van der Waals surface area (Å²) in [6.45, 7) is 11.2. The van der Waals surface area contributed by atoms with Crippen LogP contribution in [-0.4, -0.2) is 33.9 Å². The molecule has 0 unspecified atom stereocenters. The number of hydrogen-bond acceptors (Lipinski definition) is 6. The first-order valence-corrected chi connectivity index (χ1v) is 12.9. The van der Waals surface area contributed by atoms with E-state index in [-0.39, 0.29) is 34.2 Å². The van der Waals surface area contributed by atoms with Crippen molar-refractivity contribution < 1.29 is 29.3 Å². The second-order valence-corrected chi connectivity index (χ2v) is 12.2. The molecule has 1 heterocycles. The van der Waals surface area contributed by atoms with Crippen LogP contribution in [0.25, 0.3) is 11.1 Å². The number of carbonyl (C=O) groups excluding carboxylic acids is 3. The van der Waals surface area contributed by atoms with Crippen molar-refractivity contribution in [2.24, 2.45) is 10.8 Å². The van der Waals surface area contributed by atoms with Crippen LogP contribution in [0.1, 0.15) is 72.3 Å². The molecule has 6 heteroatoms. The lowest BCUT2D eigenvalue weighted by Crippen LogP contribution is -2.30. The fraction of sp³-hybridized carbons (Fsp3) is 0.344. The monoisotopic (exact) mass is 510 g/mol. The minimum atomic E-state index is -1.07. The zero-order valence-electron chi connectivity index (χ0n) is 22.4. The van der Waals surface area contributed by atoms with Crippen LogP contribution in [0.5, 0.6) is 11.5 Å². The average Bonchev–Trinajstić information content (AvgIpc) is 3.24. The van der Waals surface area contributed by atoms with Crippen molar-refractivity contribution in [2.75, 3.05) is 0 Å². The Morgan fingerprint density at radius 3 is 2.13 bits per heavy atom. The normalized spacial score (nSPS) is 22.9. The first-order valence-electron chi connectivity index (χ1n) is 12.9. The van der Waals surface area contributed by atoms with Gasteiger partial charge in [0.25, 0.3) is 0 Å². The van der Waals surface area contributed by atoms with Crippen molar-refractivity contribution in [2.45, 2.75) is 60.5 Å². The van der Waals surface area contributed by atoms with Gasteiger partial charge in [-0.25, -0.2) is 4.79 Å². The van der Waals surface area contributed by atoms with Gasteiger partial charge in [0.2, 0.25) is 0 Å². The van der Waals surface area contributed by atoms with Gasteiger partial charge in [0.1, 0.15) is 17.6 Å². The first kappa shape index (κ1) is 24.4. The summed E-state index contributed by atoms with van der Waals surface area (Å²) in [5.74, 6) is -0.991. The number of Topliss-reactive ketones (excluding diaryl/α,β-unsaturated/α-hetero) is 1. The zero-order valence-corrected chi connectivity index (χ0v) is 22.4. The summed E-state index contributed by atoms with van der Waals surface area (Å²) >= 11 is 0. The Kier molecular flexibility index (Phi) is 4.86. The molecule has 38 heavy (non-hydrogen) atoms. The van der Waals surface area contributed by atoms with Crippen molar-refractivity contribution in [1.82, 2.24) is 0 Å². The number of rotatable bonds is 1. The van der Waals surface area contributed by atoms with Gasteiger partial charge in [-0.05, 0) is 104 Å². The molecule has 4 aliphatic rings. The Labute approximate surface area is 221 Å². The van der Waals surface area contributed by atoms with E-state index in [4.69, 9.17) is 4.74 Å². The molecule has 0 saturated carbocycles. The quantitative estimate of drug-likeness (QED) is 0.488. The highest BCUT2D eigenvalue weighted by Gasteiger charge is 2.54. The number of benzene rings is 2. The molecular weight excluding hydrogens is 480 g/mol. The van der Waals surface area contributed by atoms with Crippen molar-refractivity contribution in [3.05, 3.63) is 80.4 Å². The molecule has 194 valence electrons. The highest BCUT2D eigenvalue weighted by Crippen LogP contribution is 2.57. The van der Waals surface area contributed by atoms with Crippen molar-refractivity contribution >= 4 is 28.7 Å². The summed E-state index contributed by atoms with van der Waals surface area (Å²) in [7, 11) is 0. The van der Waals surface area contributed by atoms with Crippen LogP contribution in [-0.2, 0) is 20.7 Å². The molecular formula is C32H30O6. The Hall–Kier alpha value is -3.93. The van der Waals surface area contributed by atoms with Gasteiger partial charge in [-0.1, -0.05) is 19.9 Å². The van der Waals surface area contributed by atoms with Crippen LogP contribution in [0.15, 0.2) is 47.1 Å². The van der Waals surface area contributed by atoms with E-state index in [2.05, 4.69) is 0 Å². The van der Waals surface area contributed by atoms with Gasteiger partial charge < -0.3 is 14.9 Å². The molecule has 3 aliphatic carbocycles. The summed E-state index contributed by atoms with van der Waals surface area (Å²) in [6.07, 6.45) is 2.36. The van der Waals surface area contributed by atoms with Crippen molar-refractivity contribution in [3.63, 3.8) is 0 Å². The van der Waals surface area contributed by atoms with Crippen LogP contribution < -0.4 is 0 Å². The Bertz CT molecular complexity index is 1630. The molecule has 0 aromatic heterocycles. The van der Waals surface area contributed by atoms with E-state index < -0.39 is 22.9 Å². The number of aromatic hydroxyl groups is 2. The molecule has 6 rings (SSSR count). The standard InChI is InChI=1S/C32H30O6/c1-14-9-16-7-8-31(3,4)29-25(17(16)11-21(14)33)27(30(37)38-29)26-24-19-12-22(34)15(2)10-18(19)23(35)13-20(24)32(5,6)28(26)36/h9-13,29,33-34H,7-8H2,1-6H3/t29-/m0/s1. The SMILES string of the molecule is Cc1cc2c(cc1O)C1=C(C3=C4C(=CC(=O)c5cc(C)c(O)cc54)C(C)(C)C3=O)C(=O)O[C@@H]1C(C)(C)CC2. The number of phenolic OH excluding ortho intramolecular Hbond substituents is 2. The van der Waals surface area contributed by atoms with E-state index >= 15 is 0 Å². The number of carbonyl (C=O) groups is 3. The number of ketones is 2. The molecule has 2 aromatic carbocycles. The van der Waals surface area contributed by atoms with Gasteiger partial charge in [0, 0.05) is 22.1 Å². The number of hydrogen-bond donors (Lipinski definition) is 2. The topological polar surface area (TPSA) is 101 Å². The van der Waals surface area contributed by atoms with E-state index in [0.717, 1.165) is 24.0 Å². The summed E-state index contributed by atoms with van der Waals surface area (Å²) in [5.41, 5.74) is 4.33. The number of fused-ring (bicyclic) bond motifs is 6. The number of phenols is 2. The maximum absolute atomic E-state index is 14.2. The maximum Gasteiger partial charge on any atom is 0.339 e. The van der Waals surface area contributed by atoms with Gasteiger partial charge in [-0.3, -0.25) is 9.59 Å². The fourth-order valence-electron chi connectivity index (χ4n) is 6.41. The second kappa shape index (κ2) is 7.56.